The molecule has 0 aromatic carbocycles. The number of hydrogen-bond acceptors (Lipinski definition) is 4. The zero-order valence-electron chi connectivity index (χ0n) is 11.6. The average Bonchev–Trinajstić information content (AvgIpc) is 3.19. The predicted octanol–water partition coefficient (Wildman–Crippen LogP) is 1.38. The third-order valence-corrected chi connectivity index (χ3v) is 3.64. The lowest BCUT2D eigenvalue weighted by Crippen LogP contribution is -2.27. The maximum Gasteiger partial charge on any atom is 0.353 e. The zero-order valence-corrected chi connectivity index (χ0v) is 11.6. The summed E-state index contributed by atoms with van der Waals surface area (Å²) >= 11 is 0. The van der Waals surface area contributed by atoms with Gasteiger partial charge in [0.25, 0.3) is 0 Å². The molecule has 6 nitrogen and oxygen atoms in total. The highest BCUT2D eigenvalue weighted by molar-refractivity contribution is 5.85. The number of carboxylic acids is 1. The molecule has 21 heavy (non-hydrogen) atoms. The average molecular weight is 286 g/mol. The van der Waals surface area contributed by atoms with E-state index in [9.17, 15) is 4.79 Å². The number of carbonyl (C=O) groups is 1. The number of aliphatic carboxylic acids is 1. The molecule has 1 saturated carbocycles. The Labute approximate surface area is 122 Å². The van der Waals surface area contributed by atoms with Crippen molar-refractivity contribution in [2.45, 2.75) is 25.3 Å². The van der Waals surface area contributed by atoms with Crippen molar-refractivity contribution in [1.82, 2.24) is 9.41 Å². The van der Waals surface area contributed by atoms with E-state index in [1.165, 1.54) is 29.6 Å². The van der Waals surface area contributed by atoms with E-state index in [1.54, 1.807) is 0 Å². The topological polar surface area (TPSA) is 97.0 Å². The number of rotatable bonds is 5. The fourth-order valence-electron chi connectivity index (χ4n) is 2.42. The smallest absolute Gasteiger partial charge is 0.353 e. The highest BCUT2D eigenvalue weighted by atomic mass is 16.4. The molecular formula is C15H18N4O2. The number of fused-ring (bicyclic) bond motifs is 1. The van der Waals surface area contributed by atoms with Crippen molar-refractivity contribution >= 4 is 11.5 Å². The Hall–Kier alpha value is -2.47. The predicted molar refractivity (Wildman–Crippen MR) is 79.0 cm³/mol. The van der Waals surface area contributed by atoms with Gasteiger partial charge in [0.05, 0.1) is 6.54 Å². The van der Waals surface area contributed by atoms with Gasteiger partial charge in [-0.3, -0.25) is 0 Å². The fourth-order valence-corrected chi connectivity index (χ4v) is 2.42. The summed E-state index contributed by atoms with van der Waals surface area (Å²) in [7, 11) is 0. The lowest BCUT2D eigenvalue weighted by molar-refractivity contribution is -0.132. The SMILES string of the molecule is N/C(=C\N(N)Cc1cc2ccc(C3CC3)cn2c1)C(=O)O. The van der Waals surface area contributed by atoms with Crippen LogP contribution in [-0.4, -0.2) is 20.5 Å². The molecule has 0 bridgehead atoms. The largest absolute Gasteiger partial charge is 0.477 e. The highest BCUT2D eigenvalue weighted by Crippen LogP contribution is 2.40. The first-order chi connectivity index (χ1) is 10.0. The van der Waals surface area contributed by atoms with Gasteiger partial charge >= 0.3 is 5.97 Å². The maximum absolute atomic E-state index is 10.7. The number of pyridine rings is 1. The summed E-state index contributed by atoms with van der Waals surface area (Å²) in [5, 5.41) is 10.00. The number of hydrazine groups is 1. The van der Waals surface area contributed by atoms with Gasteiger partial charge in [-0.15, -0.1) is 0 Å². The summed E-state index contributed by atoms with van der Waals surface area (Å²) in [6, 6.07) is 6.29. The van der Waals surface area contributed by atoms with E-state index in [1.807, 2.05) is 12.3 Å². The van der Waals surface area contributed by atoms with Crippen LogP contribution in [-0.2, 0) is 11.3 Å². The van der Waals surface area contributed by atoms with Crippen LogP contribution < -0.4 is 11.6 Å². The van der Waals surface area contributed by atoms with Gasteiger partial charge < -0.3 is 20.2 Å². The second-order valence-corrected chi connectivity index (χ2v) is 5.48. The number of nitrogens with two attached hydrogens (primary N) is 2. The van der Waals surface area contributed by atoms with E-state index in [0.717, 1.165) is 11.1 Å². The lowest BCUT2D eigenvalue weighted by Gasteiger charge is -2.12. The molecule has 110 valence electrons. The normalized spacial score (nSPS) is 15.4. The van der Waals surface area contributed by atoms with Crippen LogP contribution >= 0.6 is 0 Å². The van der Waals surface area contributed by atoms with E-state index in [0.29, 0.717) is 12.5 Å². The third kappa shape index (κ3) is 3.00. The summed E-state index contributed by atoms with van der Waals surface area (Å²) in [5.74, 6) is 5.29. The first-order valence-electron chi connectivity index (χ1n) is 6.85. The molecule has 5 N–H and O–H groups in total. The Morgan fingerprint density at radius 3 is 2.86 bits per heavy atom. The molecule has 2 aromatic rings. The molecular weight excluding hydrogens is 268 g/mol. The summed E-state index contributed by atoms with van der Waals surface area (Å²) < 4.78 is 2.08. The Morgan fingerprint density at radius 1 is 1.43 bits per heavy atom. The van der Waals surface area contributed by atoms with Crippen molar-refractivity contribution in [1.29, 1.82) is 0 Å². The van der Waals surface area contributed by atoms with Gasteiger partial charge in [-0.1, -0.05) is 6.07 Å². The van der Waals surface area contributed by atoms with Gasteiger partial charge in [0, 0.05) is 24.1 Å². The zero-order chi connectivity index (χ0) is 15.0. The standard InChI is InChI=1S/C15H18N4O2/c16-14(15(20)21)9-19(17)7-10-5-13-4-3-12(11-1-2-11)8-18(13)6-10/h3-6,8-9,11H,1-2,7,16-17H2,(H,20,21)/b14-9-. The molecule has 1 fully saturated rings. The van der Waals surface area contributed by atoms with Crippen molar-refractivity contribution < 1.29 is 9.90 Å². The summed E-state index contributed by atoms with van der Waals surface area (Å²) in [6.07, 6.45) is 7.93. The van der Waals surface area contributed by atoms with E-state index in [4.69, 9.17) is 16.7 Å². The second-order valence-electron chi connectivity index (χ2n) is 5.48. The van der Waals surface area contributed by atoms with Crippen LogP contribution in [0.25, 0.3) is 5.52 Å². The molecule has 2 heterocycles. The highest BCUT2D eigenvalue weighted by Gasteiger charge is 2.23. The van der Waals surface area contributed by atoms with Crippen LogP contribution in [0, 0.1) is 0 Å². The second kappa shape index (κ2) is 5.14. The first kappa shape index (κ1) is 13.5. The lowest BCUT2D eigenvalue weighted by atomic mass is 10.2. The van der Waals surface area contributed by atoms with E-state index >= 15 is 0 Å². The Bertz CT molecular complexity index is 716. The van der Waals surface area contributed by atoms with Crippen molar-refractivity contribution in [3.63, 3.8) is 0 Å². The maximum atomic E-state index is 10.7. The molecule has 1 aliphatic rings. The van der Waals surface area contributed by atoms with Crippen LogP contribution in [0.1, 0.15) is 29.9 Å². The van der Waals surface area contributed by atoms with Crippen molar-refractivity contribution in [3.8, 4) is 0 Å². The van der Waals surface area contributed by atoms with Gasteiger partial charge in [0.1, 0.15) is 5.70 Å². The Kier molecular flexibility index (Phi) is 3.31. The quantitative estimate of drug-likeness (QED) is 0.438. The van der Waals surface area contributed by atoms with Crippen LogP contribution in [0.2, 0.25) is 0 Å². The van der Waals surface area contributed by atoms with Crippen molar-refractivity contribution in [2.24, 2.45) is 11.6 Å². The Balaban J connectivity index is 1.78. The van der Waals surface area contributed by atoms with Crippen molar-refractivity contribution in [3.05, 3.63) is 53.6 Å². The molecule has 0 amide bonds. The van der Waals surface area contributed by atoms with Gasteiger partial charge in [0.15, 0.2) is 0 Å². The molecule has 2 aromatic heterocycles. The van der Waals surface area contributed by atoms with Gasteiger partial charge in [-0.05, 0) is 42.0 Å². The van der Waals surface area contributed by atoms with E-state index in [-0.39, 0.29) is 5.70 Å². The minimum Gasteiger partial charge on any atom is -0.477 e. The first-order valence-corrected chi connectivity index (χ1v) is 6.85. The van der Waals surface area contributed by atoms with E-state index in [2.05, 4.69) is 22.7 Å². The minimum atomic E-state index is -1.18. The summed E-state index contributed by atoms with van der Waals surface area (Å²) in [4.78, 5) is 10.7. The number of aromatic nitrogens is 1. The van der Waals surface area contributed by atoms with Crippen molar-refractivity contribution in [2.75, 3.05) is 0 Å². The van der Waals surface area contributed by atoms with Gasteiger partial charge in [-0.2, -0.15) is 0 Å². The van der Waals surface area contributed by atoms with E-state index < -0.39 is 5.97 Å². The molecule has 6 heteroatoms. The minimum absolute atomic E-state index is 0.280. The van der Waals surface area contributed by atoms with Crippen LogP contribution in [0.4, 0.5) is 0 Å². The van der Waals surface area contributed by atoms with Gasteiger partial charge in [-0.25, -0.2) is 10.6 Å². The summed E-state index contributed by atoms with van der Waals surface area (Å²) in [6.45, 7) is 0.397. The fraction of sp³-hybridized carbons (Fsp3) is 0.267. The summed E-state index contributed by atoms with van der Waals surface area (Å²) in [5.41, 5.74) is 8.52. The third-order valence-electron chi connectivity index (χ3n) is 3.64. The molecule has 0 saturated heterocycles. The molecule has 0 unspecified atom stereocenters. The molecule has 3 rings (SSSR count). The Morgan fingerprint density at radius 2 is 2.19 bits per heavy atom. The van der Waals surface area contributed by atoms with Crippen LogP contribution in [0.15, 0.2) is 42.5 Å². The molecule has 0 spiro atoms. The molecule has 0 atom stereocenters. The molecule has 0 radical (unpaired) electrons. The number of hydrogen-bond donors (Lipinski definition) is 3. The number of nitrogens with zero attached hydrogens (tertiary/aromatic N) is 2. The van der Waals surface area contributed by atoms with Crippen LogP contribution in [0.5, 0.6) is 0 Å². The molecule has 1 aliphatic carbocycles. The molecule has 0 aliphatic heterocycles. The monoisotopic (exact) mass is 286 g/mol. The number of carboxylic acid groups (broad SMARTS) is 1. The van der Waals surface area contributed by atoms with Gasteiger partial charge in [0.2, 0.25) is 0 Å². The van der Waals surface area contributed by atoms with Crippen LogP contribution in [0.3, 0.4) is 0 Å².